The van der Waals surface area contributed by atoms with Crippen LogP contribution in [0.1, 0.15) is 63.4 Å². The van der Waals surface area contributed by atoms with Crippen LogP contribution in [0.25, 0.3) is 33.4 Å². The van der Waals surface area contributed by atoms with Crippen LogP contribution in [0.2, 0.25) is 0 Å². The summed E-state index contributed by atoms with van der Waals surface area (Å²) in [6.45, 7) is 11.7. The van der Waals surface area contributed by atoms with E-state index in [1.165, 1.54) is 22.3 Å². The highest BCUT2D eigenvalue weighted by atomic mass is 15.1. The normalized spacial score (nSPS) is 17.3. The van der Waals surface area contributed by atoms with Crippen LogP contribution >= 0.6 is 0 Å². The molecule has 0 amide bonds. The summed E-state index contributed by atoms with van der Waals surface area (Å²) in [4.78, 5) is 4.97. The molecule has 4 heteroatoms. The maximum atomic E-state index is 7.11. The monoisotopic (exact) mass is 490 g/mol. The van der Waals surface area contributed by atoms with Crippen molar-refractivity contribution >= 4 is 16.6 Å². The Morgan fingerprint density at radius 1 is 1.03 bits per heavy atom. The summed E-state index contributed by atoms with van der Waals surface area (Å²) in [6, 6.07) is 23.8. The molecule has 1 aromatic heterocycles. The van der Waals surface area contributed by atoms with Crippen molar-refractivity contribution < 1.29 is 0 Å². The molecule has 0 saturated heterocycles. The number of hydrogen-bond acceptors (Lipinski definition) is 3. The highest BCUT2D eigenvalue weighted by Crippen LogP contribution is 2.50. The Kier molecular flexibility index (Phi) is 7.14. The van der Waals surface area contributed by atoms with E-state index in [0.717, 1.165) is 60.3 Å². The summed E-state index contributed by atoms with van der Waals surface area (Å²) in [5, 5.41) is 3.98. The van der Waals surface area contributed by atoms with Crippen molar-refractivity contribution in [3.8, 4) is 16.8 Å². The number of benzene rings is 3. The Morgan fingerprint density at radius 2 is 1.78 bits per heavy atom. The van der Waals surface area contributed by atoms with E-state index >= 15 is 0 Å². The minimum atomic E-state index is -0.440. The molecule has 4 nitrogen and oxygen atoms in total. The Bertz CT molecular complexity index is 1460. The largest absolute Gasteiger partial charge is 0.326 e. The molecule has 4 aromatic rings. The van der Waals surface area contributed by atoms with Gasteiger partial charge in [-0.25, -0.2) is 4.98 Å². The number of para-hydroxylation sites is 2. The van der Waals surface area contributed by atoms with Crippen LogP contribution in [-0.4, -0.2) is 22.1 Å². The van der Waals surface area contributed by atoms with Gasteiger partial charge >= 0.3 is 0 Å². The molecule has 1 aliphatic rings. The summed E-state index contributed by atoms with van der Waals surface area (Å²) >= 11 is 0. The van der Waals surface area contributed by atoms with Gasteiger partial charge in [-0.2, -0.15) is 0 Å². The van der Waals surface area contributed by atoms with Crippen LogP contribution in [0.15, 0.2) is 85.5 Å². The minimum Gasteiger partial charge on any atom is -0.326 e. The molecule has 0 spiro atoms. The molecule has 0 fully saturated rings. The quantitative estimate of drug-likeness (QED) is 0.180. The maximum absolute atomic E-state index is 7.11. The lowest BCUT2D eigenvalue weighted by atomic mass is 9.78. The Morgan fingerprint density at radius 3 is 2.57 bits per heavy atom. The summed E-state index contributed by atoms with van der Waals surface area (Å²) in [6.07, 6.45) is 8.26. The van der Waals surface area contributed by atoms with E-state index in [1.807, 2.05) is 25.1 Å². The Labute approximate surface area is 220 Å². The van der Waals surface area contributed by atoms with E-state index < -0.39 is 5.54 Å². The van der Waals surface area contributed by atoms with E-state index in [-0.39, 0.29) is 6.04 Å². The lowest BCUT2D eigenvalue weighted by Gasteiger charge is -2.39. The lowest BCUT2D eigenvalue weighted by molar-refractivity contribution is 0.317. The first kappa shape index (κ1) is 25.2. The van der Waals surface area contributed by atoms with Gasteiger partial charge < -0.3 is 11.1 Å². The van der Waals surface area contributed by atoms with Gasteiger partial charge in [-0.05, 0) is 72.8 Å². The Balaban J connectivity index is 1.77. The van der Waals surface area contributed by atoms with Gasteiger partial charge in [0, 0.05) is 17.3 Å². The number of imidazole rings is 1. The van der Waals surface area contributed by atoms with Crippen molar-refractivity contribution in [2.75, 3.05) is 6.54 Å². The maximum Gasteiger partial charge on any atom is 0.145 e. The molecular formula is C33H38N4. The van der Waals surface area contributed by atoms with Gasteiger partial charge in [0.05, 0.1) is 16.6 Å². The van der Waals surface area contributed by atoms with Crippen LogP contribution in [0, 0.1) is 0 Å². The first-order valence-corrected chi connectivity index (χ1v) is 13.6. The molecule has 1 heterocycles. The molecular weight excluding hydrogens is 452 g/mol. The number of unbranched alkanes of at least 4 members (excludes halogenated alkanes) is 1. The van der Waals surface area contributed by atoms with Crippen molar-refractivity contribution in [1.82, 2.24) is 14.9 Å². The van der Waals surface area contributed by atoms with Gasteiger partial charge in [0.15, 0.2) is 0 Å². The van der Waals surface area contributed by atoms with E-state index in [9.17, 15) is 0 Å². The first-order valence-electron chi connectivity index (χ1n) is 13.6. The smallest absolute Gasteiger partial charge is 0.145 e. The van der Waals surface area contributed by atoms with Gasteiger partial charge in [-0.15, -0.1) is 0 Å². The number of rotatable bonds is 10. The van der Waals surface area contributed by atoms with E-state index in [0.29, 0.717) is 0 Å². The predicted molar refractivity (Wildman–Crippen MR) is 157 cm³/mol. The fourth-order valence-corrected chi connectivity index (χ4v) is 5.93. The summed E-state index contributed by atoms with van der Waals surface area (Å²) < 4.78 is 2.24. The minimum absolute atomic E-state index is 0.0519. The van der Waals surface area contributed by atoms with E-state index in [4.69, 9.17) is 10.7 Å². The second-order valence-electron chi connectivity index (χ2n) is 10.0. The van der Waals surface area contributed by atoms with Crippen LogP contribution in [0.5, 0.6) is 0 Å². The fourth-order valence-electron chi connectivity index (χ4n) is 5.93. The van der Waals surface area contributed by atoms with Gasteiger partial charge in [0.1, 0.15) is 5.82 Å². The fraction of sp³-hybridized carbons (Fsp3) is 0.303. The molecule has 0 aliphatic heterocycles. The second-order valence-corrected chi connectivity index (χ2v) is 10.0. The number of hydrogen-bond donors (Lipinski definition) is 2. The number of allylic oxidation sites excluding steroid dienone is 3. The number of nitrogens with two attached hydrogens (primary N) is 1. The van der Waals surface area contributed by atoms with Crippen molar-refractivity contribution in [2.24, 2.45) is 5.73 Å². The molecule has 37 heavy (non-hydrogen) atoms. The van der Waals surface area contributed by atoms with Crippen molar-refractivity contribution in [3.05, 3.63) is 102 Å². The molecule has 2 unspecified atom stereocenters. The third-order valence-electron chi connectivity index (χ3n) is 7.63. The average Bonchev–Trinajstić information content (AvgIpc) is 3.44. The summed E-state index contributed by atoms with van der Waals surface area (Å²) in [5.41, 5.74) is 15.7. The van der Waals surface area contributed by atoms with Gasteiger partial charge in [-0.1, -0.05) is 87.9 Å². The average molecular weight is 491 g/mol. The van der Waals surface area contributed by atoms with Gasteiger partial charge in [0.25, 0.3) is 0 Å². The topological polar surface area (TPSA) is 55.9 Å². The molecule has 190 valence electrons. The number of aromatic nitrogens is 2. The zero-order chi connectivity index (χ0) is 26.0. The number of nitrogens with one attached hydrogen (secondary N) is 1. The predicted octanol–water partition coefficient (Wildman–Crippen LogP) is 7.36. The third kappa shape index (κ3) is 4.14. The van der Waals surface area contributed by atoms with Crippen LogP contribution in [-0.2, 0) is 5.54 Å². The second kappa shape index (κ2) is 10.5. The first-order chi connectivity index (χ1) is 18.1. The number of nitrogens with zero attached hydrogens (tertiary/aromatic N) is 2. The standard InChI is InChI=1S/C33H38N4/c1-5-8-21-35-33(31(34)14-7-3)27-16-10-9-15-25(27)26-20-19-24(22-28(26)33)37-30-18-12-11-17-29(30)36-32(37)23(4)13-6-2/h6,9-13,15-20,22,31,35H,4-5,7-8,14,21,34H2,1-3H3/b13-6-. The van der Waals surface area contributed by atoms with Crippen molar-refractivity contribution in [3.63, 3.8) is 0 Å². The zero-order valence-corrected chi connectivity index (χ0v) is 22.3. The highest BCUT2D eigenvalue weighted by Gasteiger charge is 2.47. The molecule has 2 atom stereocenters. The summed E-state index contributed by atoms with van der Waals surface area (Å²) in [5.74, 6) is 0.858. The zero-order valence-electron chi connectivity index (χ0n) is 22.3. The molecule has 1 aliphatic carbocycles. The molecule has 3 aromatic carbocycles. The van der Waals surface area contributed by atoms with Gasteiger partial charge in [0.2, 0.25) is 0 Å². The van der Waals surface area contributed by atoms with Crippen molar-refractivity contribution in [1.29, 1.82) is 0 Å². The van der Waals surface area contributed by atoms with Crippen LogP contribution in [0.4, 0.5) is 0 Å². The molecule has 0 saturated carbocycles. The van der Waals surface area contributed by atoms with Gasteiger partial charge in [-0.3, -0.25) is 4.57 Å². The summed E-state index contributed by atoms with van der Waals surface area (Å²) in [7, 11) is 0. The molecule has 3 N–H and O–H groups in total. The molecule has 5 rings (SSSR count). The number of fused-ring (bicyclic) bond motifs is 4. The molecule has 0 radical (unpaired) electrons. The van der Waals surface area contributed by atoms with Crippen LogP contribution < -0.4 is 11.1 Å². The Hall–Kier alpha value is -3.47. The van der Waals surface area contributed by atoms with Crippen LogP contribution in [0.3, 0.4) is 0 Å². The lowest BCUT2D eigenvalue weighted by Crippen LogP contribution is -2.55. The van der Waals surface area contributed by atoms with Crippen molar-refractivity contribution in [2.45, 2.75) is 58.0 Å². The van der Waals surface area contributed by atoms with E-state index in [1.54, 1.807) is 0 Å². The highest BCUT2D eigenvalue weighted by molar-refractivity contribution is 5.86. The third-order valence-corrected chi connectivity index (χ3v) is 7.63. The SMILES string of the molecule is C=C(/C=C\C)c1nc2ccccc2n1-c1ccc2c(c1)C(NCCCC)(C(N)CCC)c1ccccc1-2. The van der Waals surface area contributed by atoms with E-state index in [2.05, 4.69) is 91.0 Å². The molecule has 0 bridgehead atoms.